The molecule has 0 saturated carbocycles. The van der Waals surface area contributed by atoms with Crippen LogP contribution in [-0.2, 0) is 4.79 Å². The molecule has 2 nitrogen and oxygen atoms in total. The summed E-state index contributed by atoms with van der Waals surface area (Å²) in [6.07, 6.45) is 0. The van der Waals surface area contributed by atoms with Crippen molar-refractivity contribution in [2.75, 3.05) is 10.7 Å². The van der Waals surface area contributed by atoms with Crippen molar-refractivity contribution in [3.8, 4) is 0 Å². The van der Waals surface area contributed by atoms with E-state index in [1.165, 1.54) is 16.7 Å². The van der Waals surface area contributed by atoms with Crippen molar-refractivity contribution < 1.29 is 4.79 Å². The number of thioether (sulfide) groups is 1. The number of hydrogen-bond donors (Lipinski definition) is 0. The summed E-state index contributed by atoms with van der Waals surface area (Å²) in [5, 5.41) is 0.639. The molecule has 6 heteroatoms. The molecule has 1 heterocycles. The first-order chi connectivity index (χ1) is 7.09. The molecular weight excluding hydrogens is 365 g/mol. The predicted molar refractivity (Wildman–Crippen MR) is 76.7 cm³/mol. The van der Waals surface area contributed by atoms with Crippen LogP contribution in [0.15, 0.2) is 18.2 Å². The largest absolute Gasteiger partial charge is 0.273 e. The van der Waals surface area contributed by atoms with E-state index in [2.05, 4.69) is 22.6 Å². The van der Waals surface area contributed by atoms with Gasteiger partial charge >= 0.3 is 0 Å². The topological polar surface area (TPSA) is 20.3 Å². The Morgan fingerprint density at radius 3 is 2.80 bits per heavy atom. The van der Waals surface area contributed by atoms with E-state index >= 15 is 0 Å². The molecule has 1 aliphatic heterocycles. The van der Waals surface area contributed by atoms with Gasteiger partial charge in [-0.1, -0.05) is 35.6 Å². The molecule has 0 N–H and O–H groups in total. The van der Waals surface area contributed by atoms with Crippen LogP contribution in [0.2, 0.25) is 5.02 Å². The number of carbonyl (C=O) groups is 1. The lowest BCUT2D eigenvalue weighted by Crippen LogP contribution is -2.27. The molecule has 0 radical (unpaired) electrons. The van der Waals surface area contributed by atoms with E-state index in [1.807, 2.05) is 12.1 Å². The van der Waals surface area contributed by atoms with Gasteiger partial charge in [0.05, 0.1) is 16.5 Å². The van der Waals surface area contributed by atoms with Crippen LogP contribution in [0.3, 0.4) is 0 Å². The third-order valence-electron chi connectivity index (χ3n) is 1.91. The molecule has 0 bridgehead atoms. The number of amides is 1. The first-order valence-corrected chi connectivity index (χ1v) is 6.89. The highest BCUT2D eigenvalue weighted by Crippen LogP contribution is 2.30. The standard InChI is InChI=1S/C9H5ClINOS2/c10-6-3-5(1-2-7(6)11)12-8(13)4-15-9(12)14/h1-3H,4H2. The summed E-state index contributed by atoms with van der Waals surface area (Å²) in [6.45, 7) is 0. The normalized spacial score (nSPS) is 16.3. The lowest BCUT2D eigenvalue weighted by molar-refractivity contribution is -0.115. The number of thiocarbonyl (C=S) groups is 1. The predicted octanol–water partition coefficient (Wildman–Crippen LogP) is 3.31. The Balaban J connectivity index is 2.41. The van der Waals surface area contributed by atoms with Gasteiger partial charge in [0.2, 0.25) is 5.91 Å². The van der Waals surface area contributed by atoms with Crippen molar-refractivity contribution in [2.24, 2.45) is 0 Å². The molecule has 0 aliphatic carbocycles. The molecule has 1 aromatic rings. The Morgan fingerprint density at radius 1 is 1.53 bits per heavy atom. The molecule has 1 saturated heterocycles. The number of halogens is 2. The fourth-order valence-electron chi connectivity index (χ4n) is 1.23. The zero-order valence-electron chi connectivity index (χ0n) is 7.37. The number of carbonyl (C=O) groups excluding carboxylic acids is 1. The van der Waals surface area contributed by atoms with Crippen molar-refractivity contribution >= 4 is 74.1 Å². The average molecular weight is 370 g/mol. The number of hydrogen-bond acceptors (Lipinski definition) is 3. The number of rotatable bonds is 1. The molecule has 1 amide bonds. The van der Waals surface area contributed by atoms with Gasteiger partial charge in [0.15, 0.2) is 0 Å². The van der Waals surface area contributed by atoms with Gasteiger partial charge in [-0.25, -0.2) is 0 Å². The third-order valence-corrected chi connectivity index (χ3v) is 4.84. The number of nitrogens with zero attached hydrogens (tertiary/aromatic N) is 1. The van der Waals surface area contributed by atoms with Gasteiger partial charge in [-0.2, -0.15) is 0 Å². The lowest BCUT2D eigenvalue weighted by Gasteiger charge is -2.15. The second-order valence-corrected chi connectivity index (χ2v) is 6.06. The Morgan fingerprint density at radius 2 is 2.27 bits per heavy atom. The van der Waals surface area contributed by atoms with Crippen LogP contribution in [0.25, 0.3) is 0 Å². The Bertz CT molecular complexity index is 436. The molecule has 0 unspecified atom stereocenters. The van der Waals surface area contributed by atoms with Gasteiger partial charge in [0, 0.05) is 3.57 Å². The second kappa shape index (κ2) is 4.57. The van der Waals surface area contributed by atoms with Crippen LogP contribution in [0.5, 0.6) is 0 Å². The molecule has 1 aliphatic rings. The van der Waals surface area contributed by atoms with Gasteiger partial charge < -0.3 is 0 Å². The van der Waals surface area contributed by atoms with E-state index in [4.69, 9.17) is 23.8 Å². The van der Waals surface area contributed by atoms with Crippen LogP contribution in [-0.4, -0.2) is 16.0 Å². The van der Waals surface area contributed by atoms with Crippen LogP contribution in [0, 0.1) is 3.57 Å². The van der Waals surface area contributed by atoms with Crippen LogP contribution in [0.4, 0.5) is 5.69 Å². The zero-order valence-corrected chi connectivity index (χ0v) is 11.9. The maximum atomic E-state index is 11.6. The molecule has 2 rings (SSSR count). The van der Waals surface area contributed by atoms with Gasteiger partial charge in [-0.05, 0) is 40.8 Å². The Kier molecular flexibility index (Phi) is 3.54. The fourth-order valence-corrected chi connectivity index (χ4v) is 2.83. The highest BCUT2D eigenvalue weighted by molar-refractivity contribution is 14.1. The van der Waals surface area contributed by atoms with Gasteiger partial charge in [-0.15, -0.1) is 0 Å². The second-order valence-electron chi connectivity index (χ2n) is 2.88. The SMILES string of the molecule is O=C1CSC(=S)N1c1ccc(I)c(Cl)c1. The number of anilines is 1. The minimum absolute atomic E-state index is 0.0160. The van der Waals surface area contributed by atoms with E-state index in [9.17, 15) is 4.79 Å². The minimum Gasteiger partial charge on any atom is -0.273 e. The Hall–Kier alpha value is 0.150. The summed E-state index contributed by atoms with van der Waals surface area (Å²) in [6, 6.07) is 5.49. The van der Waals surface area contributed by atoms with Crippen molar-refractivity contribution in [1.29, 1.82) is 0 Å². The van der Waals surface area contributed by atoms with Crippen molar-refractivity contribution in [1.82, 2.24) is 0 Å². The molecule has 0 aromatic heterocycles. The van der Waals surface area contributed by atoms with E-state index < -0.39 is 0 Å². The summed E-state index contributed by atoms with van der Waals surface area (Å²) in [5.74, 6) is 0.435. The van der Waals surface area contributed by atoms with E-state index in [1.54, 1.807) is 6.07 Å². The minimum atomic E-state index is 0.0160. The van der Waals surface area contributed by atoms with Crippen LogP contribution < -0.4 is 4.90 Å². The molecule has 1 fully saturated rings. The lowest BCUT2D eigenvalue weighted by atomic mass is 10.3. The molecule has 0 atom stereocenters. The summed E-state index contributed by atoms with van der Waals surface area (Å²) in [7, 11) is 0. The fraction of sp³-hybridized carbons (Fsp3) is 0.111. The van der Waals surface area contributed by atoms with Gasteiger partial charge in [0.25, 0.3) is 0 Å². The average Bonchev–Trinajstić information content (AvgIpc) is 2.52. The molecule has 15 heavy (non-hydrogen) atoms. The zero-order chi connectivity index (χ0) is 11.0. The van der Waals surface area contributed by atoms with Crippen molar-refractivity contribution in [3.05, 3.63) is 26.8 Å². The Labute approximate surface area is 115 Å². The summed E-state index contributed by atoms with van der Waals surface area (Å²) in [5.41, 5.74) is 0.750. The maximum absolute atomic E-state index is 11.6. The number of benzene rings is 1. The first kappa shape index (κ1) is 11.6. The van der Waals surface area contributed by atoms with Crippen molar-refractivity contribution in [3.63, 3.8) is 0 Å². The smallest absolute Gasteiger partial charge is 0.243 e. The van der Waals surface area contributed by atoms with E-state index in [0.717, 1.165) is 9.26 Å². The summed E-state index contributed by atoms with van der Waals surface area (Å²) < 4.78 is 1.56. The molecule has 78 valence electrons. The van der Waals surface area contributed by atoms with E-state index in [-0.39, 0.29) is 5.91 Å². The molecular formula is C9H5ClINOS2. The quantitative estimate of drug-likeness (QED) is 0.559. The highest BCUT2D eigenvalue weighted by atomic mass is 127. The van der Waals surface area contributed by atoms with Crippen LogP contribution >= 0.6 is 58.2 Å². The van der Waals surface area contributed by atoms with E-state index in [0.29, 0.717) is 15.1 Å². The third kappa shape index (κ3) is 2.30. The van der Waals surface area contributed by atoms with Crippen molar-refractivity contribution in [2.45, 2.75) is 0 Å². The first-order valence-electron chi connectivity index (χ1n) is 4.04. The van der Waals surface area contributed by atoms with Gasteiger partial charge in [0.1, 0.15) is 4.32 Å². The molecule has 1 aromatic carbocycles. The highest BCUT2D eigenvalue weighted by Gasteiger charge is 2.28. The maximum Gasteiger partial charge on any atom is 0.243 e. The van der Waals surface area contributed by atoms with Gasteiger partial charge in [-0.3, -0.25) is 9.69 Å². The molecule has 0 spiro atoms. The van der Waals surface area contributed by atoms with Crippen LogP contribution in [0.1, 0.15) is 0 Å². The summed E-state index contributed by atoms with van der Waals surface area (Å²) >= 11 is 14.6. The summed E-state index contributed by atoms with van der Waals surface area (Å²) in [4.78, 5) is 13.1. The monoisotopic (exact) mass is 369 g/mol.